The Morgan fingerprint density at radius 1 is 1.62 bits per heavy atom. The van der Waals surface area contributed by atoms with Crippen molar-refractivity contribution in [2.75, 3.05) is 0 Å². The maximum absolute atomic E-state index is 10.2. The van der Waals surface area contributed by atoms with Crippen molar-refractivity contribution >= 4 is 6.47 Å². The minimum atomic E-state index is -0.00125. The molecule has 0 saturated heterocycles. The largest absolute Gasteiger partial charge is 0.460 e. The molecule has 0 radical (unpaired) electrons. The molecular weight excluding hydrogens is 164 g/mol. The van der Waals surface area contributed by atoms with Crippen LogP contribution in [0.15, 0.2) is 12.2 Å². The van der Waals surface area contributed by atoms with Gasteiger partial charge in [-0.3, -0.25) is 4.79 Å². The minimum Gasteiger partial charge on any atom is -0.460 e. The van der Waals surface area contributed by atoms with E-state index in [0.29, 0.717) is 23.7 Å². The topological polar surface area (TPSA) is 26.3 Å². The third-order valence-corrected chi connectivity index (χ3v) is 3.91. The van der Waals surface area contributed by atoms with Crippen molar-refractivity contribution in [3.63, 3.8) is 0 Å². The predicted molar refractivity (Wildman–Crippen MR) is 50.1 cm³/mol. The number of ether oxygens (including phenoxy) is 1. The fraction of sp³-hybridized carbons (Fsp3) is 0.727. The van der Waals surface area contributed by atoms with Gasteiger partial charge in [0, 0.05) is 0 Å². The molecule has 0 amide bonds. The van der Waals surface area contributed by atoms with E-state index in [1.165, 1.54) is 6.42 Å². The SMILES string of the molecule is C=C1[C@@H](OC=O)C[C@@]2(C(C)C)C[C@@H]12. The monoisotopic (exact) mass is 180 g/mol. The van der Waals surface area contributed by atoms with Gasteiger partial charge in [-0.25, -0.2) is 0 Å². The Labute approximate surface area is 79.0 Å². The second-order valence-corrected chi connectivity index (χ2v) is 4.64. The lowest BCUT2D eigenvalue weighted by molar-refractivity contribution is -0.132. The summed E-state index contributed by atoms with van der Waals surface area (Å²) in [6, 6.07) is 0. The molecule has 72 valence electrons. The number of hydrogen-bond acceptors (Lipinski definition) is 2. The van der Waals surface area contributed by atoms with Gasteiger partial charge >= 0.3 is 0 Å². The molecule has 0 aromatic heterocycles. The maximum Gasteiger partial charge on any atom is 0.293 e. The molecule has 2 heteroatoms. The smallest absolute Gasteiger partial charge is 0.293 e. The molecule has 13 heavy (non-hydrogen) atoms. The zero-order valence-corrected chi connectivity index (χ0v) is 8.25. The highest BCUT2D eigenvalue weighted by molar-refractivity contribution is 5.41. The van der Waals surface area contributed by atoms with Crippen molar-refractivity contribution < 1.29 is 9.53 Å². The Hall–Kier alpha value is -0.790. The highest BCUT2D eigenvalue weighted by Crippen LogP contribution is 2.69. The summed E-state index contributed by atoms with van der Waals surface area (Å²) in [5, 5.41) is 0. The summed E-state index contributed by atoms with van der Waals surface area (Å²) in [5.74, 6) is 1.30. The summed E-state index contributed by atoms with van der Waals surface area (Å²) in [7, 11) is 0. The second kappa shape index (κ2) is 2.60. The van der Waals surface area contributed by atoms with Gasteiger partial charge < -0.3 is 4.74 Å². The second-order valence-electron chi connectivity index (χ2n) is 4.64. The van der Waals surface area contributed by atoms with Crippen LogP contribution in [0.5, 0.6) is 0 Å². The van der Waals surface area contributed by atoms with Crippen molar-refractivity contribution in [1.29, 1.82) is 0 Å². The van der Waals surface area contributed by atoms with Crippen LogP contribution < -0.4 is 0 Å². The molecule has 2 aliphatic carbocycles. The average Bonchev–Trinajstić information content (AvgIpc) is 2.73. The molecule has 0 aromatic carbocycles. The van der Waals surface area contributed by atoms with Crippen molar-refractivity contribution in [2.24, 2.45) is 17.3 Å². The van der Waals surface area contributed by atoms with E-state index in [1.807, 2.05) is 0 Å². The van der Waals surface area contributed by atoms with Gasteiger partial charge in [0.25, 0.3) is 6.47 Å². The van der Waals surface area contributed by atoms with Crippen LogP contribution >= 0.6 is 0 Å². The van der Waals surface area contributed by atoms with Crippen molar-refractivity contribution in [2.45, 2.75) is 32.8 Å². The van der Waals surface area contributed by atoms with Crippen LogP contribution in [0.2, 0.25) is 0 Å². The standard InChI is InChI=1S/C11H16O2/c1-7(2)11-4-9(11)8(3)10(5-11)13-6-12/h6-7,9-10H,3-5H2,1-2H3/t9-,10-,11+/m0/s1. The van der Waals surface area contributed by atoms with Gasteiger partial charge in [0.1, 0.15) is 6.10 Å². The molecule has 0 aromatic rings. The quantitative estimate of drug-likeness (QED) is 0.491. The molecule has 0 bridgehead atoms. The summed E-state index contributed by atoms with van der Waals surface area (Å²) >= 11 is 0. The number of rotatable bonds is 3. The summed E-state index contributed by atoms with van der Waals surface area (Å²) < 4.78 is 5.01. The van der Waals surface area contributed by atoms with Gasteiger partial charge in [-0.2, -0.15) is 0 Å². The van der Waals surface area contributed by atoms with Gasteiger partial charge in [0.05, 0.1) is 0 Å². The molecule has 2 saturated carbocycles. The van der Waals surface area contributed by atoms with Crippen molar-refractivity contribution in [1.82, 2.24) is 0 Å². The Bertz CT molecular complexity index is 257. The molecule has 3 atom stereocenters. The van der Waals surface area contributed by atoms with E-state index in [2.05, 4.69) is 20.4 Å². The lowest BCUT2D eigenvalue weighted by Crippen LogP contribution is -2.16. The molecule has 0 spiro atoms. The zero-order valence-electron chi connectivity index (χ0n) is 8.25. The Balaban J connectivity index is 2.10. The fourth-order valence-electron chi connectivity index (χ4n) is 2.82. The first-order chi connectivity index (χ1) is 6.12. The van der Waals surface area contributed by atoms with Gasteiger partial charge in [-0.05, 0) is 35.7 Å². The fourth-order valence-corrected chi connectivity index (χ4v) is 2.82. The molecule has 0 N–H and O–H groups in total. The van der Waals surface area contributed by atoms with E-state index in [1.54, 1.807) is 0 Å². The first kappa shape index (κ1) is 8.79. The van der Waals surface area contributed by atoms with E-state index in [0.717, 1.165) is 12.0 Å². The van der Waals surface area contributed by atoms with E-state index in [9.17, 15) is 4.79 Å². The van der Waals surface area contributed by atoms with Gasteiger partial charge in [-0.15, -0.1) is 0 Å². The van der Waals surface area contributed by atoms with Crippen LogP contribution in [0.3, 0.4) is 0 Å². The molecule has 0 heterocycles. The van der Waals surface area contributed by atoms with Crippen molar-refractivity contribution in [3.8, 4) is 0 Å². The summed E-state index contributed by atoms with van der Waals surface area (Å²) in [4.78, 5) is 10.2. The van der Waals surface area contributed by atoms with Crippen molar-refractivity contribution in [3.05, 3.63) is 12.2 Å². The van der Waals surface area contributed by atoms with E-state index in [4.69, 9.17) is 4.74 Å². The first-order valence-electron chi connectivity index (χ1n) is 4.89. The summed E-state index contributed by atoms with van der Waals surface area (Å²) in [6.07, 6.45) is 2.24. The molecule has 2 fully saturated rings. The van der Waals surface area contributed by atoms with Crippen LogP contribution in [-0.4, -0.2) is 12.6 Å². The molecule has 2 rings (SSSR count). The van der Waals surface area contributed by atoms with Gasteiger partial charge in [0.15, 0.2) is 0 Å². The first-order valence-corrected chi connectivity index (χ1v) is 4.89. The molecule has 0 unspecified atom stereocenters. The number of fused-ring (bicyclic) bond motifs is 1. The third kappa shape index (κ3) is 1.04. The lowest BCUT2D eigenvalue weighted by Gasteiger charge is -2.18. The Kier molecular flexibility index (Phi) is 1.76. The van der Waals surface area contributed by atoms with Crippen LogP contribution in [0.1, 0.15) is 26.7 Å². The molecular formula is C11H16O2. The zero-order chi connectivity index (χ0) is 9.64. The number of hydrogen-bond donors (Lipinski definition) is 0. The summed E-state index contributed by atoms with van der Waals surface area (Å²) in [6.45, 7) is 9.06. The van der Waals surface area contributed by atoms with Gasteiger partial charge in [-0.1, -0.05) is 20.4 Å². The summed E-state index contributed by atoms with van der Waals surface area (Å²) in [5.41, 5.74) is 1.56. The van der Waals surface area contributed by atoms with Crippen LogP contribution in [0.4, 0.5) is 0 Å². The van der Waals surface area contributed by atoms with E-state index in [-0.39, 0.29) is 6.10 Å². The average molecular weight is 180 g/mol. The molecule has 2 aliphatic rings. The maximum atomic E-state index is 10.2. The van der Waals surface area contributed by atoms with E-state index < -0.39 is 0 Å². The molecule has 2 nitrogen and oxygen atoms in total. The highest BCUT2D eigenvalue weighted by atomic mass is 16.5. The highest BCUT2D eigenvalue weighted by Gasteiger charge is 2.64. The molecule has 0 aliphatic heterocycles. The number of carbonyl (C=O) groups excluding carboxylic acids is 1. The van der Waals surface area contributed by atoms with E-state index >= 15 is 0 Å². The normalized spacial score (nSPS) is 41.9. The minimum absolute atomic E-state index is 0.00125. The van der Waals surface area contributed by atoms with Crippen LogP contribution in [-0.2, 0) is 9.53 Å². The Morgan fingerprint density at radius 3 is 2.77 bits per heavy atom. The Morgan fingerprint density at radius 2 is 2.31 bits per heavy atom. The third-order valence-electron chi connectivity index (χ3n) is 3.91. The van der Waals surface area contributed by atoms with Crippen LogP contribution in [0.25, 0.3) is 0 Å². The van der Waals surface area contributed by atoms with Gasteiger partial charge in [0.2, 0.25) is 0 Å². The predicted octanol–water partition coefficient (Wildman–Crippen LogP) is 2.15. The lowest BCUT2D eigenvalue weighted by atomic mass is 9.89. The van der Waals surface area contributed by atoms with Crippen LogP contribution in [0, 0.1) is 17.3 Å². The number of carbonyl (C=O) groups is 1.